The van der Waals surface area contributed by atoms with Gasteiger partial charge in [0.15, 0.2) is 6.29 Å². The van der Waals surface area contributed by atoms with Crippen molar-refractivity contribution in [1.82, 2.24) is 0 Å². The van der Waals surface area contributed by atoms with Crippen LogP contribution in [0.25, 0.3) is 0 Å². The van der Waals surface area contributed by atoms with Gasteiger partial charge in [0.2, 0.25) is 0 Å². The van der Waals surface area contributed by atoms with Gasteiger partial charge in [-0.15, -0.1) is 0 Å². The Morgan fingerprint density at radius 2 is 1.83 bits per heavy atom. The lowest BCUT2D eigenvalue weighted by atomic mass is 10.1. The van der Waals surface area contributed by atoms with Gasteiger partial charge in [-0.25, -0.2) is 0 Å². The van der Waals surface area contributed by atoms with Gasteiger partial charge >= 0.3 is 0 Å². The highest BCUT2D eigenvalue weighted by Crippen LogP contribution is 2.23. The zero-order valence-electron chi connectivity index (χ0n) is 7.14. The molecule has 1 rings (SSSR count). The number of methoxy groups -OCH3 is 2. The molecular weight excluding hydrogens is 164 g/mol. The molecule has 5 heteroatoms. The fourth-order valence-corrected chi connectivity index (χ4v) is 1.39. The van der Waals surface area contributed by atoms with E-state index in [1.165, 1.54) is 14.2 Å². The fourth-order valence-electron chi connectivity index (χ4n) is 1.39. The number of hydrogen-bond acceptors (Lipinski definition) is 5. The van der Waals surface area contributed by atoms with Crippen LogP contribution in [0.3, 0.4) is 0 Å². The number of rotatable bonds is 3. The first-order valence-corrected chi connectivity index (χ1v) is 3.74. The third-order valence-electron chi connectivity index (χ3n) is 2.01. The number of aliphatic hydroxyl groups excluding tert-OH is 2. The van der Waals surface area contributed by atoms with E-state index in [0.29, 0.717) is 0 Å². The highest BCUT2D eigenvalue weighted by molar-refractivity contribution is 4.87. The van der Waals surface area contributed by atoms with E-state index >= 15 is 0 Å². The average Bonchev–Trinajstić information content (AvgIpc) is 2.40. The topological polar surface area (TPSA) is 68.2 Å². The van der Waals surface area contributed by atoms with Gasteiger partial charge < -0.3 is 24.4 Å². The lowest BCUT2D eigenvalue weighted by molar-refractivity contribution is -0.140. The molecule has 0 aliphatic carbocycles. The maximum Gasteiger partial charge on any atom is 0.184 e. The SMILES string of the molecule is COC1C(O)OC(CO)C1OC. The summed E-state index contributed by atoms with van der Waals surface area (Å²) in [6, 6.07) is 0. The van der Waals surface area contributed by atoms with Crippen LogP contribution >= 0.6 is 0 Å². The second-order valence-electron chi connectivity index (χ2n) is 2.65. The monoisotopic (exact) mass is 178 g/mol. The van der Waals surface area contributed by atoms with Crippen molar-refractivity contribution in [3.8, 4) is 0 Å². The largest absolute Gasteiger partial charge is 0.394 e. The van der Waals surface area contributed by atoms with Gasteiger partial charge in [-0.2, -0.15) is 0 Å². The van der Waals surface area contributed by atoms with Crippen molar-refractivity contribution < 1.29 is 24.4 Å². The Morgan fingerprint density at radius 3 is 2.25 bits per heavy atom. The highest BCUT2D eigenvalue weighted by Gasteiger charge is 2.44. The Bertz CT molecular complexity index is 140. The van der Waals surface area contributed by atoms with Crippen molar-refractivity contribution >= 4 is 0 Å². The summed E-state index contributed by atoms with van der Waals surface area (Å²) in [4.78, 5) is 0. The Labute approximate surface area is 70.9 Å². The van der Waals surface area contributed by atoms with Crippen molar-refractivity contribution in [3.63, 3.8) is 0 Å². The molecular formula is C7H14O5. The first kappa shape index (κ1) is 9.88. The lowest BCUT2D eigenvalue weighted by Crippen LogP contribution is -2.37. The Morgan fingerprint density at radius 1 is 1.25 bits per heavy atom. The molecule has 0 spiro atoms. The predicted octanol–water partition coefficient (Wildman–Crippen LogP) is -1.27. The normalized spacial score (nSPS) is 42.0. The van der Waals surface area contributed by atoms with E-state index in [4.69, 9.17) is 19.3 Å². The van der Waals surface area contributed by atoms with Gasteiger partial charge in [-0.1, -0.05) is 0 Å². The zero-order valence-corrected chi connectivity index (χ0v) is 7.14. The molecule has 0 bridgehead atoms. The van der Waals surface area contributed by atoms with Crippen molar-refractivity contribution in [3.05, 3.63) is 0 Å². The van der Waals surface area contributed by atoms with Crippen LogP contribution in [0.2, 0.25) is 0 Å². The maximum absolute atomic E-state index is 9.25. The van der Waals surface area contributed by atoms with E-state index in [1.807, 2.05) is 0 Å². The second-order valence-corrected chi connectivity index (χ2v) is 2.65. The van der Waals surface area contributed by atoms with Gasteiger partial charge in [0.25, 0.3) is 0 Å². The maximum atomic E-state index is 9.25. The molecule has 4 atom stereocenters. The lowest BCUT2D eigenvalue weighted by Gasteiger charge is -2.18. The van der Waals surface area contributed by atoms with Crippen LogP contribution in [0.15, 0.2) is 0 Å². The zero-order chi connectivity index (χ0) is 9.14. The van der Waals surface area contributed by atoms with E-state index in [1.54, 1.807) is 0 Å². The van der Waals surface area contributed by atoms with Crippen LogP contribution < -0.4 is 0 Å². The molecule has 0 radical (unpaired) electrons. The molecule has 1 aliphatic heterocycles. The third kappa shape index (κ3) is 1.60. The Balaban J connectivity index is 2.61. The minimum Gasteiger partial charge on any atom is -0.394 e. The van der Waals surface area contributed by atoms with Crippen LogP contribution in [0.4, 0.5) is 0 Å². The average molecular weight is 178 g/mol. The second kappa shape index (κ2) is 4.15. The molecule has 1 fully saturated rings. The van der Waals surface area contributed by atoms with Gasteiger partial charge in [0, 0.05) is 14.2 Å². The minimum atomic E-state index is -1.02. The smallest absolute Gasteiger partial charge is 0.184 e. The molecule has 0 aromatic carbocycles. The minimum absolute atomic E-state index is 0.185. The Hall–Kier alpha value is -0.200. The van der Waals surface area contributed by atoms with Crippen molar-refractivity contribution in [2.75, 3.05) is 20.8 Å². The van der Waals surface area contributed by atoms with E-state index < -0.39 is 24.6 Å². The van der Waals surface area contributed by atoms with E-state index in [9.17, 15) is 5.11 Å². The standard InChI is InChI=1S/C7H14O5/c1-10-5-4(3-8)12-7(9)6(5)11-2/h4-9H,3H2,1-2H3. The molecule has 5 nitrogen and oxygen atoms in total. The predicted molar refractivity (Wildman–Crippen MR) is 39.6 cm³/mol. The highest BCUT2D eigenvalue weighted by atomic mass is 16.7. The fraction of sp³-hybridized carbons (Fsp3) is 1.00. The molecule has 1 heterocycles. The third-order valence-corrected chi connectivity index (χ3v) is 2.01. The van der Waals surface area contributed by atoms with E-state index in [-0.39, 0.29) is 6.61 Å². The quantitative estimate of drug-likeness (QED) is 0.563. The van der Waals surface area contributed by atoms with Crippen molar-refractivity contribution in [2.45, 2.75) is 24.6 Å². The molecule has 12 heavy (non-hydrogen) atoms. The molecule has 4 unspecified atom stereocenters. The summed E-state index contributed by atoms with van der Waals surface area (Å²) in [5, 5.41) is 18.1. The van der Waals surface area contributed by atoms with E-state index in [0.717, 1.165) is 0 Å². The molecule has 1 saturated heterocycles. The summed E-state index contributed by atoms with van der Waals surface area (Å²) in [5.74, 6) is 0. The van der Waals surface area contributed by atoms with Gasteiger partial charge in [0.05, 0.1) is 6.61 Å². The summed E-state index contributed by atoms with van der Waals surface area (Å²) < 4.78 is 14.9. The van der Waals surface area contributed by atoms with Crippen LogP contribution in [0.5, 0.6) is 0 Å². The van der Waals surface area contributed by atoms with Crippen molar-refractivity contribution in [2.24, 2.45) is 0 Å². The summed E-state index contributed by atoms with van der Waals surface area (Å²) in [5.41, 5.74) is 0. The van der Waals surface area contributed by atoms with Crippen molar-refractivity contribution in [1.29, 1.82) is 0 Å². The summed E-state index contributed by atoms with van der Waals surface area (Å²) in [6.45, 7) is -0.185. The molecule has 72 valence electrons. The number of aliphatic hydroxyl groups is 2. The van der Waals surface area contributed by atoms with Gasteiger partial charge in [0.1, 0.15) is 18.3 Å². The number of ether oxygens (including phenoxy) is 3. The summed E-state index contributed by atoms with van der Waals surface area (Å²) >= 11 is 0. The molecule has 0 saturated carbocycles. The van der Waals surface area contributed by atoms with Crippen LogP contribution in [0.1, 0.15) is 0 Å². The van der Waals surface area contributed by atoms with Gasteiger partial charge in [-0.05, 0) is 0 Å². The first-order chi connectivity index (χ1) is 5.74. The number of hydrogen-bond donors (Lipinski definition) is 2. The van der Waals surface area contributed by atoms with Crippen LogP contribution in [0, 0.1) is 0 Å². The first-order valence-electron chi connectivity index (χ1n) is 3.74. The molecule has 1 aliphatic rings. The molecule has 2 N–H and O–H groups in total. The Kier molecular flexibility index (Phi) is 3.42. The summed E-state index contributed by atoms with van der Waals surface area (Å²) in [6.07, 6.45) is -2.45. The van der Waals surface area contributed by atoms with Crippen LogP contribution in [-0.2, 0) is 14.2 Å². The molecule has 0 aromatic rings. The van der Waals surface area contributed by atoms with Crippen LogP contribution in [-0.4, -0.2) is 55.6 Å². The summed E-state index contributed by atoms with van der Waals surface area (Å²) in [7, 11) is 2.95. The molecule has 0 aromatic heterocycles. The molecule has 0 amide bonds. The van der Waals surface area contributed by atoms with E-state index in [2.05, 4.69) is 0 Å². The van der Waals surface area contributed by atoms with Gasteiger partial charge in [-0.3, -0.25) is 0 Å².